The highest BCUT2D eigenvalue weighted by Gasteiger charge is 2.08. The van der Waals surface area contributed by atoms with Gasteiger partial charge in [-0.05, 0) is 17.0 Å². The van der Waals surface area contributed by atoms with Crippen LogP contribution in [0.15, 0.2) is 60.7 Å². The van der Waals surface area contributed by atoms with Crippen LogP contribution < -0.4 is 5.73 Å². The number of nitrogens with one attached hydrogen (secondary N) is 1. The number of amidine groups is 1. The minimum Gasteiger partial charge on any atom is -0.481 e. The molecule has 0 saturated heterocycles. The first-order valence-electron chi connectivity index (χ1n) is 7.26. The van der Waals surface area contributed by atoms with Gasteiger partial charge in [0.15, 0.2) is 5.17 Å². The molecular formula is C18H22N2O2S. The lowest BCUT2D eigenvalue weighted by Crippen LogP contribution is -2.03. The van der Waals surface area contributed by atoms with Crippen molar-refractivity contribution in [3.8, 4) is 0 Å². The SMILES string of the molecule is CC(CC(=O)O)c1ccccc1.N=C(N)SCc1ccccc1. The van der Waals surface area contributed by atoms with Crippen molar-refractivity contribution in [2.24, 2.45) is 5.73 Å². The fourth-order valence-electron chi connectivity index (χ4n) is 1.90. The van der Waals surface area contributed by atoms with Crippen LogP contribution in [0, 0.1) is 5.41 Å². The van der Waals surface area contributed by atoms with E-state index in [1.165, 1.54) is 17.3 Å². The number of aliphatic carboxylic acids is 1. The highest BCUT2D eigenvalue weighted by Crippen LogP contribution is 2.17. The number of carboxylic acids is 1. The van der Waals surface area contributed by atoms with Gasteiger partial charge in [0.2, 0.25) is 0 Å². The monoisotopic (exact) mass is 330 g/mol. The Bertz CT molecular complexity index is 603. The summed E-state index contributed by atoms with van der Waals surface area (Å²) >= 11 is 1.35. The minimum atomic E-state index is -0.744. The average molecular weight is 330 g/mol. The summed E-state index contributed by atoms with van der Waals surface area (Å²) in [7, 11) is 0. The first-order chi connectivity index (χ1) is 11.0. The number of carboxylic acid groups (broad SMARTS) is 1. The van der Waals surface area contributed by atoms with Gasteiger partial charge in [-0.25, -0.2) is 0 Å². The van der Waals surface area contributed by atoms with Crippen molar-refractivity contribution in [1.82, 2.24) is 0 Å². The molecule has 0 fully saturated rings. The maximum Gasteiger partial charge on any atom is 0.303 e. The molecule has 0 amide bonds. The van der Waals surface area contributed by atoms with Gasteiger partial charge in [-0.2, -0.15) is 0 Å². The zero-order valence-corrected chi connectivity index (χ0v) is 13.9. The van der Waals surface area contributed by atoms with E-state index in [4.69, 9.17) is 16.2 Å². The van der Waals surface area contributed by atoms with Gasteiger partial charge in [0.05, 0.1) is 6.42 Å². The normalized spacial score (nSPS) is 11.0. The lowest BCUT2D eigenvalue weighted by atomic mass is 9.98. The van der Waals surface area contributed by atoms with Gasteiger partial charge < -0.3 is 10.8 Å². The van der Waals surface area contributed by atoms with E-state index in [-0.39, 0.29) is 17.5 Å². The van der Waals surface area contributed by atoms with E-state index in [0.29, 0.717) is 0 Å². The van der Waals surface area contributed by atoms with Crippen molar-refractivity contribution in [3.63, 3.8) is 0 Å². The molecular weight excluding hydrogens is 308 g/mol. The third kappa shape index (κ3) is 8.68. The van der Waals surface area contributed by atoms with Crippen molar-refractivity contribution in [3.05, 3.63) is 71.8 Å². The number of rotatable bonds is 5. The van der Waals surface area contributed by atoms with E-state index in [9.17, 15) is 4.79 Å². The Morgan fingerprint density at radius 3 is 2.13 bits per heavy atom. The lowest BCUT2D eigenvalue weighted by Gasteiger charge is -2.07. The van der Waals surface area contributed by atoms with Crippen LogP contribution in [0.4, 0.5) is 0 Å². The zero-order chi connectivity index (χ0) is 17.1. The maximum absolute atomic E-state index is 10.4. The molecule has 2 aromatic carbocycles. The van der Waals surface area contributed by atoms with Crippen molar-refractivity contribution in [2.45, 2.75) is 25.0 Å². The summed E-state index contributed by atoms with van der Waals surface area (Å²) in [4.78, 5) is 10.4. The van der Waals surface area contributed by atoms with Gasteiger partial charge >= 0.3 is 5.97 Å². The van der Waals surface area contributed by atoms with Gasteiger partial charge in [-0.15, -0.1) is 0 Å². The van der Waals surface area contributed by atoms with E-state index in [1.54, 1.807) is 0 Å². The Kier molecular flexibility index (Phi) is 8.54. The van der Waals surface area contributed by atoms with E-state index in [2.05, 4.69) is 0 Å². The predicted octanol–water partition coefficient (Wildman–Crippen LogP) is 4.08. The van der Waals surface area contributed by atoms with Crippen LogP contribution in [0.25, 0.3) is 0 Å². The van der Waals surface area contributed by atoms with E-state index < -0.39 is 5.97 Å². The molecule has 122 valence electrons. The minimum absolute atomic E-state index is 0.101. The Morgan fingerprint density at radius 1 is 1.13 bits per heavy atom. The molecule has 23 heavy (non-hydrogen) atoms. The number of hydrogen-bond acceptors (Lipinski definition) is 3. The van der Waals surface area contributed by atoms with Crippen molar-refractivity contribution in [1.29, 1.82) is 5.41 Å². The van der Waals surface area contributed by atoms with Crippen LogP contribution in [0.1, 0.15) is 30.4 Å². The summed E-state index contributed by atoms with van der Waals surface area (Å²) in [6.07, 6.45) is 0.198. The summed E-state index contributed by atoms with van der Waals surface area (Å²) in [6.45, 7) is 1.92. The highest BCUT2D eigenvalue weighted by molar-refractivity contribution is 8.13. The van der Waals surface area contributed by atoms with Crippen LogP contribution in [0.2, 0.25) is 0 Å². The molecule has 0 spiro atoms. The zero-order valence-electron chi connectivity index (χ0n) is 13.1. The lowest BCUT2D eigenvalue weighted by molar-refractivity contribution is -0.137. The average Bonchev–Trinajstić information content (AvgIpc) is 2.55. The highest BCUT2D eigenvalue weighted by atomic mass is 32.2. The topological polar surface area (TPSA) is 87.2 Å². The van der Waals surface area contributed by atoms with Crippen molar-refractivity contribution >= 4 is 22.9 Å². The smallest absolute Gasteiger partial charge is 0.303 e. The quantitative estimate of drug-likeness (QED) is 0.569. The van der Waals surface area contributed by atoms with Crippen LogP contribution in [-0.4, -0.2) is 16.2 Å². The summed E-state index contributed by atoms with van der Waals surface area (Å²) < 4.78 is 0. The van der Waals surface area contributed by atoms with Crippen molar-refractivity contribution < 1.29 is 9.90 Å². The second-order valence-corrected chi connectivity index (χ2v) is 6.07. The number of carbonyl (C=O) groups is 1. The number of thioether (sulfide) groups is 1. The standard InChI is InChI=1S/C10H12O2.C8H10N2S/c1-8(7-10(11)12)9-5-3-2-4-6-9;9-8(10)11-6-7-4-2-1-3-5-7/h2-6,8H,7H2,1H3,(H,11,12);1-5H,6H2,(H3,9,10). The predicted molar refractivity (Wildman–Crippen MR) is 96.8 cm³/mol. The van der Waals surface area contributed by atoms with E-state index in [1.807, 2.05) is 67.6 Å². The molecule has 5 heteroatoms. The summed E-state index contributed by atoms with van der Waals surface area (Å²) in [6, 6.07) is 19.7. The summed E-state index contributed by atoms with van der Waals surface area (Å²) in [5.41, 5.74) is 7.47. The number of nitrogens with two attached hydrogens (primary N) is 1. The van der Waals surface area contributed by atoms with E-state index >= 15 is 0 Å². The molecule has 1 unspecified atom stereocenters. The van der Waals surface area contributed by atoms with Crippen LogP contribution in [-0.2, 0) is 10.5 Å². The molecule has 4 N–H and O–H groups in total. The molecule has 0 saturated carbocycles. The fourth-order valence-corrected chi connectivity index (χ4v) is 2.41. The molecule has 0 heterocycles. The first kappa shape index (κ1) is 18.8. The summed E-state index contributed by atoms with van der Waals surface area (Å²) in [5.74, 6) is 0.144. The third-order valence-corrected chi connectivity index (χ3v) is 3.88. The largest absolute Gasteiger partial charge is 0.481 e. The second kappa shape index (κ2) is 10.5. The molecule has 0 aromatic heterocycles. The molecule has 2 rings (SSSR count). The Hall–Kier alpha value is -2.27. The molecule has 2 aromatic rings. The molecule has 0 aliphatic heterocycles. The van der Waals surface area contributed by atoms with Gasteiger partial charge in [-0.1, -0.05) is 79.3 Å². The molecule has 0 radical (unpaired) electrons. The number of hydrogen-bond donors (Lipinski definition) is 3. The third-order valence-electron chi connectivity index (χ3n) is 3.09. The van der Waals surface area contributed by atoms with Gasteiger partial charge in [0, 0.05) is 5.75 Å². The first-order valence-corrected chi connectivity index (χ1v) is 8.25. The second-order valence-electron chi connectivity index (χ2n) is 5.05. The fraction of sp³-hybridized carbons (Fsp3) is 0.222. The Labute approximate surface area is 141 Å². The molecule has 1 atom stereocenters. The van der Waals surface area contributed by atoms with Crippen LogP contribution in [0.5, 0.6) is 0 Å². The molecule has 4 nitrogen and oxygen atoms in total. The Balaban J connectivity index is 0.000000231. The molecule has 0 aliphatic carbocycles. The van der Waals surface area contributed by atoms with Gasteiger partial charge in [0.25, 0.3) is 0 Å². The van der Waals surface area contributed by atoms with Crippen molar-refractivity contribution in [2.75, 3.05) is 0 Å². The van der Waals surface area contributed by atoms with Crippen LogP contribution >= 0.6 is 11.8 Å². The van der Waals surface area contributed by atoms with Crippen LogP contribution in [0.3, 0.4) is 0 Å². The molecule has 0 aliphatic rings. The number of benzene rings is 2. The molecule has 0 bridgehead atoms. The van der Waals surface area contributed by atoms with E-state index in [0.717, 1.165) is 11.3 Å². The van der Waals surface area contributed by atoms with Gasteiger partial charge in [0.1, 0.15) is 0 Å². The Morgan fingerprint density at radius 2 is 1.65 bits per heavy atom. The summed E-state index contributed by atoms with van der Waals surface area (Å²) in [5, 5.41) is 15.7. The maximum atomic E-state index is 10.4. The van der Waals surface area contributed by atoms with Gasteiger partial charge in [-0.3, -0.25) is 10.2 Å².